The fourth-order valence-electron chi connectivity index (χ4n) is 2.12. The minimum Gasteiger partial charge on any atom is -0.389 e. The molecular weight excluding hydrogens is 180 g/mol. The van der Waals surface area contributed by atoms with Crippen LogP contribution >= 0.6 is 0 Å². The van der Waals surface area contributed by atoms with Gasteiger partial charge >= 0.3 is 0 Å². The number of carbonyl (C=O) groups excluding carboxylic acids is 1. The molecule has 2 aliphatic rings. The first kappa shape index (κ1) is 9.49. The van der Waals surface area contributed by atoms with Crippen molar-refractivity contribution in [3.05, 3.63) is 0 Å². The molecule has 0 aliphatic carbocycles. The maximum Gasteiger partial charge on any atom is 0.222 e. The van der Waals surface area contributed by atoms with Crippen molar-refractivity contribution in [1.29, 1.82) is 0 Å². The molecule has 4 heteroatoms. The van der Waals surface area contributed by atoms with Crippen LogP contribution in [0.25, 0.3) is 0 Å². The van der Waals surface area contributed by atoms with Crippen LogP contribution in [0.3, 0.4) is 0 Å². The van der Waals surface area contributed by atoms with E-state index in [1.54, 1.807) is 4.90 Å². The second-order valence-corrected chi connectivity index (χ2v) is 4.34. The summed E-state index contributed by atoms with van der Waals surface area (Å²) in [7, 11) is 1.85. The lowest BCUT2D eigenvalue weighted by Gasteiger charge is -2.24. The van der Waals surface area contributed by atoms with Crippen LogP contribution in [0.4, 0.5) is 0 Å². The van der Waals surface area contributed by atoms with Gasteiger partial charge in [-0.05, 0) is 13.3 Å². The summed E-state index contributed by atoms with van der Waals surface area (Å²) < 4.78 is 0. The number of hydrogen-bond donors (Lipinski definition) is 0. The lowest BCUT2D eigenvalue weighted by Crippen LogP contribution is -2.30. The summed E-state index contributed by atoms with van der Waals surface area (Å²) in [6, 6.07) is 0. The van der Waals surface area contributed by atoms with E-state index in [-0.39, 0.29) is 11.5 Å². The zero-order valence-corrected chi connectivity index (χ0v) is 8.75. The van der Waals surface area contributed by atoms with Crippen LogP contribution in [-0.2, 0) is 9.63 Å². The van der Waals surface area contributed by atoms with Crippen molar-refractivity contribution in [2.75, 3.05) is 13.6 Å². The number of rotatable bonds is 0. The summed E-state index contributed by atoms with van der Waals surface area (Å²) in [5.41, 5.74) is 0.867. The van der Waals surface area contributed by atoms with Crippen molar-refractivity contribution in [2.24, 2.45) is 5.16 Å². The average molecular weight is 196 g/mol. The average Bonchev–Trinajstić information content (AvgIpc) is 2.47. The van der Waals surface area contributed by atoms with Gasteiger partial charge in [0.15, 0.2) is 0 Å². The Kier molecular flexibility index (Phi) is 2.21. The van der Waals surface area contributed by atoms with Crippen molar-refractivity contribution < 1.29 is 9.63 Å². The Bertz CT molecular complexity index is 288. The molecule has 4 nitrogen and oxygen atoms in total. The topological polar surface area (TPSA) is 41.9 Å². The first-order chi connectivity index (χ1) is 6.61. The predicted molar refractivity (Wildman–Crippen MR) is 53.0 cm³/mol. The second kappa shape index (κ2) is 3.26. The van der Waals surface area contributed by atoms with Crippen molar-refractivity contribution in [3.8, 4) is 0 Å². The van der Waals surface area contributed by atoms with Crippen LogP contribution in [0, 0.1) is 0 Å². The number of likely N-dealkylation sites (tertiary alicyclic amines) is 1. The van der Waals surface area contributed by atoms with E-state index < -0.39 is 0 Å². The summed E-state index contributed by atoms with van der Waals surface area (Å²) in [4.78, 5) is 18.7. The third-order valence-corrected chi connectivity index (χ3v) is 3.10. The summed E-state index contributed by atoms with van der Waals surface area (Å²) in [6.07, 6.45) is 3.17. The minimum atomic E-state index is -0.176. The number of hydrogen-bond acceptors (Lipinski definition) is 3. The van der Waals surface area contributed by atoms with Gasteiger partial charge in [-0.3, -0.25) is 4.79 Å². The Hall–Kier alpha value is -1.06. The molecule has 0 radical (unpaired) electrons. The normalized spacial score (nSPS) is 32.9. The van der Waals surface area contributed by atoms with Gasteiger partial charge in [-0.15, -0.1) is 0 Å². The first-order valence-electron chi connectivity index (χ1n) is 5.07. The van der Waals surface area contributed by atoms with E-state index in [2.05, 4.69) is 5.16 Å². The van der Waals surface area contributed by atoms with Gasteiger partial charge in [0.1, 0.15) is 5.60 Å². The molecule has 2 aliphatic heterocycles. The third kappa shape index (κ3) is 1.61. The van der Waals surface area contributed by atoms with Crippen LogP contribution in [0.5, 0.6) is 0 Å². The summed E-state index contributed by atoms with van der Waals surface area (Å²) in [5, 5.41) is 3.99. The molecule has 0 N–H and O–H groups in total. The molecule has 0 aromatic rings. The predicted octanol–water partition coefficient (Wildman–Crippen LogP) is 1.16. The van der Waals surface area contributed by atoms with E-state index in [0.29, 0.717) is 6.42 Å². The Balaban J connectivity index is 2.06. The van der Waals surface area contributed by atoms with Gasteiger partial charge in [-0.1, -0.05) is 5.16 Å². The lowest BCUT2D eigenvalue weighted by atomic mass is 9.90. The maximum atomic E-state index is 11.5. The molecule has 0 aromatic heterocycles. The Morgan fingerprint density at radius 3 is 2.93 bits per heavy atom. The molecule has 1 fully saturated rings. The van der Waals surface area contributed by atoms with E-state index in [1.807, 2.05) is 14.0 Å². The summed E-state index contributed by atoms with van der Waals surface area (Å²) in [5.74, 6) is 0.218. The quantitative estimate of drug-likeness (QED) is 0.583. The minimum absolute atomic E-state index is 0.176. The molecule has 0 aromatic carbocycles. The monoisotopic (exact) mass is 196 g/mol. The van der Waals surface area contributed by atoms with Crippen molar-refractivity contribution in [2.45, 2.75) is 38.2 Å². The molecule has 1 saturated heterocycles. The fourth-order valence-corrected chi connectivity index (χ4v) is 2.12. The van der Waals surface area contributed by atoms with Crippen LogP contribution < -0.4 is 0 Å². The molecule has 1 amide bonds. The highest BCUT2D eigenvalue weighted by Gasteiger charge is 2.40. The zero-order chi connectivity index (χ0) is 10.2. The van der Waals surface area contributed by atoms with Gasteiger partial charge in [-0.25, -0.2) is 0 Å². The van der Waals surface area contributed by atoms with Crippen molar-refractivity contribution in [3.63, 3.8) is 0 Å². The third-order valence-electron chi connectivity index (χ3n) is 3.10. The molecule has 2 rings (SSSR count). The number of oxime groups is 1. The number of carbonyl (C=O) groups is 1. The molecule has 1 unspecified atom stereocenters. The van der Waals surface area contributed by atoms with Crippen LogP contribution in [-0.4, -0.2) is 35.7 Å². The molecule has 1 spiro atoms. The first-order valence-corrected chi connectivity index (χ1v) is 5.07. The van der Waals surface area contributed by atoms with Crippen molar-refractivity contribution in [1.82, 2.24) is 4.90 Å². The molecule has 1 atom stereocenters. The van der Waals surface area contributed by atoms with E-state index in [4.69, 9.17) is 4.84 Å². The van der Waals surface area contributed by atoms with Crippen LogP contribution in [0.1, 0.15) is 32.6 Å². The highest BCUT2D eigenvalue weighted by molar-refractivity contribution is 5.84. The Morgan fingerprint density at radius 2 is 2.29 bits per heavy atom. The van der Waals surface area contributed by atoms with Gasteiger partial charge in [0, 0.05) is 32.9 Å². The largest absolute Gasteiger partial charge is 0.389 e. The fraction of sp³-hybridized carbons (Fsp3) is 0.800. The van der Waals surface area contributed by atoms with Gasteiger partial charge in [-0.2, -0.15) is 0 Å². The molecule has 78 valence electrons. The number of amides is 1. The SMILES string of the molecule is CC1=NOC2(CCC(=O)N(C)CC2)C1. The van der Waals surface area contributed by atoms with Gasteiger partial charge < -0.3 is 9.74 Å². The highest BCUT2D eigenvalue weighted by atomic mass is 16.7. The van der Waals surface area contributed by atoms with Crippen LogP contribution in [0.15, 0.2) is 5.16 Å². The number of nitrogens with zero attached hydrogens (tertiary/aromatic N) is 2. The lowest BCUT2D eigenvalue weighted by molar-refractivity contribution is -0.129. The van der Waals surface area contributed by atoms with Crippen molar-refractivity contribution >= 4 is 11.6 Å². The van der Waals surface area contributed by atoms with Crippen LogP contribution in [0.2, 0.25) is 0 Å². The molecule has 0 bridgehead atoms. The van der Waals surface area contributed by atoms with Gasteiger partial charge in [0.05, 0.1) is 5.71 Å². The molecule has 14 heavy (non-hydrogen) atoms. The zero-order valence-electron chi connectivity index (χ0n) is 8.75. The standard InChI is InChI=1S/C10H16N2O2/c1-8-7-10(14-11-8)4-3-9(13)12(2)6-5-10/h3-7H2,1-2H3. The maximum absolute atomic E-state index is 11.5. The molecule has 0 saturated carbocycles. The van der Waals surface area contributed by atoms with Gasteiger partial charge in [0.2, 0.25) is 5.91 Å². The Labute approximate surface area is 83.9 Å². The summed E-state index contributed by atoms with van der Waals surface area (Å²) >= 11 is 0. The van der Waals surface area contributed by atoms with Gasteiger partial charge in [0.25, 0.3) is 0 Å². The van der Waals surface area contributed by atoms with E-state index in [9.17, 15) is 4.79 Å². The van der Waals surface area contributed by atoms with E-state index >= 15 is 0 Å². The second-order valence-electron chi connectivity index (χ2n) is 4.34. The Morgan fingerprint density at radius 1 is 1.50 bits per heavy atom. The molecule has 2 heterocycles. The van der Waals surface area contributed by atoms with E-state index in [1.165, 1.54) is 0 Å². The summed E-state index contributed by atoms with van der Waals surface area (Å²) in [6.45, 7) is 2.76. The smallest absolute Gasteiger partial charge is 0.222 e. The van der Waals surface area contributed by atoms with E-state index in [0.717, 1.165) is 31.5 Å². The highest BCUT2D eigenvalue weighted by Crippen LogP contribution is 2.34. The molecular formula is C10H16N2O2.